The fourth-order valence-electron chi connectivity index (χ4n) is 1.35. The zero-order chi connectivity index (χ0) is 13.4. The molecule has 0 aliphatic carbocycles. The molecular formula is C12H16N2O3S. The monoisotopic (exact) mass is 268 g/mol. The van der Waals surface area contributed by atoms with E-state index in [9.17, 15) is 9.59 Å². The van der Waals surface area contributed by atoms with Crippen molar-refractivity contribution < 1.29 is 14.7 Å². The van der Waals surface area contributed by atoms with Crippen molar-refractivity contribution in [3.8, 4) is 0 Å². The molecule has 0 saturated heterocycles. The van der Waals surface area contributed by atoms with Gasteiger partial charge in [0.25, 0.3) is 0 Å². The molecule has 1 unspecified atom stereocenters. The Bertz CT molecular complexity index is 403. The van der Waals surface area contributed by atoms with E-state index >= 15 is 0 Å². The predicted molar refractivity (Wildman–Crippen MR) is 70.8 cm³/mol. The highest BCUT2D eigenvalue weighted by atomic mass is 32.1. The Labute approximate surface area is 110 Å². The van der Waals surface area contributed by atoms with E-state index < -0.39 is 18.0 Å². The first-order valence-electron chi connectivity index (χ1n) is 5.52. The summed E-state index contributed by atoms with van der Waals surface area (Å²) in [7, 11) is 0. The van der Waals surface area contributed by atoms with Gasteiger partial charge < -0.3 is 15.7 Å². The van der Waals surface area contributed by atoms with Crippen molar-refractivity contribution in [2.24, 2.45) is 0 Å². The van der Waals surface area contributed by atoms with E-state index in [1.54, 1.807) is 11.3 Å². The van der Waals surface area contributed by atoms with Crippen LogP contribution in [0, 0.1) is 0 Å². The van der Waals surface area contributed by atoms with Crippen molar-refractivity contribution in [2.75, 3.05) is 6.54 Å². The Morgan fingerprint density at radius 3 is 2.89 bits per heavy atom. The van der Waals surface area contributed by atoms with Crippen molar-refractivity contribution in [3.63, 3.8) is 0 Å². The van der Waals surface area contributed by atoms with Crippen LogP contribution in [0.3, 0.4) is 0 Å². The van der Waals surface area contributed by atoms with E-state index in [1.807, 2.05) is 16.8 Å². The zero-order valence-corrected chi connectivity index (χ0v) is 10.7. The molecule has 0 fully saturated rings. The van der Waals surface area contributed by atoms with Gasteiger partial charge in [0.2, 0.25) is 0 Å². The third-order valence-electron chi connectivity index (χ3n) is 2.29. The third kappa shape index (κ3) is 5.01. The average molecular weight is 268 g/mol. The molecule has 1 heterocycles. The highest BCUT2D eigenvalue weighted by Gasteiger charge is 2.17. The van der Waals surface area contributed by atoms with E-state index in [1.165, 1.54) is 6.08 Å². The molecule has 0 aromatic carbocycles. The summed E-state index contributed by atoms with van der Waals surface area (Å²) in [6, 6.07) is 0.588. The van der Waals surface area contributed by atoms with Crippen LogP contribution >= 0.6 is 11.3 Å². The minimum absolute atomic E-state index is 0.202. The molecule has 2 amide bonds. The molecule has 0 spiro atoms. The summed E-state index contributed by atoms with van der Waals surface area (Å²) in [5.74, 6) is -1.07. The van der Waals surface area contributed by atoms with Crippen LogP contribution in [-0.4, -0.2) is 29.7 Å². The molecule has 18 heavy (non-hydrogen) atoms. The molecule has 1 rings (SSSR count). The van der Waals surface area contributed by atoms with Gasteiger partial charge in [-0.05, 0) is 35.2 Å². The molecular weight excluding hydrogens is 252 g/mol. The second-order valence-corrected chi connectivity index (χ2v) is 4.48. The normalized spacial score (nSPS) is 11.6. The molecule has 6 heteroatoms. The van der Waals surface area contributed by atoms with Crippen molar-refractivity contribution in [1.82, 2.24) is 10.6 Å². The number of carbonyl (C=O) groups excluding carboxylic acids is 1. The van der Waals surface area contributed by atoms with Crippen LogP contribution in [0.2, 0.25) is 0 Å². The van der Waals surface area contributed by atoms with Gasteiger partial charge in [-0.25, -0.2) is 9.59 Å². The summed E-state index contributed by atoms with van der Waals surface area (Å²) in [6.07, 6.45) is 2.40. The quantitative estimate of drug-likeness (QED) is 0.657. The van der Waals surface area contributed by atoms with Crippen LogP contribution in [0.1, 0.15) is 12.0 Å². The molecule has 0 radical (unpaired) electrons. The van der Waals surface area contributed by atoms with Gasteiger partial charge in [0, 0.05) is 6.54 Å². The molecule has 0 saturated carbocycles. The summed E-state index contributed by atoms with van der Waals surface area (Å²) in [6.45, 7) is 3.93. The van der Waals surface area contributed by atoms with Gasteiger partial charge in [0.05, 0.1) is 0 Å². The topological polar surface area (TPSA) is 78.4 Å². The number of thiophene rings is 1. The first-order valence-corrected chi connectivity index (χ1v) is 6.47. The van der Waals surface area contributed by atoms with Crippen LogP contribution in [0.25, 0.3) is 0 Å². The number of hydrogen-bond donors (Lipinski definition) is 3. The Morgan fingerprint density at radius 1 is 1.56 bits per heavy atom. The van der Waals surface area contributed by atoms with Gasteiger partial charge in [-0.15, -0.1) is 6.58 Å². The Kier molecular flexibility index (Phi) is 5.93. The van der Waals surface area contributed by atoms with Crippen molar-refractivity contribution in [1.29, 1.82) is 0 Å². The van der Waals surface area contributed by atoms with Gasteiger partial charge in [-0.1, -0.05) is 6.08 Å². The number of amides is 2. The van der Waals surface area contributed by atoms with Crippen molar-refractivity contribution in [2.45, 2.75) is 18.9 Å². The maximum absolute atomic E-state index is 11.4. The lowest BCUT2D eigenvalue weighted by atomic mass is 10.2. The second-order valence-electron chi connectivity index (χ2n) is 3.70. The Hall–Kier alpha value is -1.82. The van der Waals surface area contributed by atoms with E-state index in [0.717, 1.165) is 12.0 Å². The van der Waals surface area contributed by atoms with Crippen LogP contribution in [0.4, 0.5) is 4.79 Å². The van der Waals surface area contributed by atoms with E-state index in [2.05, 4.69) is 17.2 Å². The third-order valence-corrected chi connectivity index (χ3v) is 3.02. The first-order chi connectivity index (χ1) is 8.63. The lowest BCUT2D eigenvalue weighted by Gasteiger charge is -2.13. The van der Waals surface area contributed by atoms with Crippen LogP contribution in [-0.2, 0) is 11.2 Å². The molecule has 98 valence electrons. The summed E-state index contributed by atoms with van der Waals surface area (Å²) < 4.78 is 0. The number of carbonyl (C=O) groups is 2. The number of carboxylic acids is 1. The standard InChI is InChI=1S/C12H16N2O3S/c1-2-3-10(11(15)16)14-12(17)13-6-4-9-5-7-18-8-9/h2,5,7-8,10H,1,3-4,6H2,(H,15,16)(H2,13,14,17). The minimum Gasteiger partial charge on any atom is -0.480 e. The minimum atomic E-state index is -1.07. The molecule has 1 aromatic rings. The van der Waals surface area contributed by atoms with Crippen molar-refractivity contribution in [3.05, 3.63) is 35.0 Å². The van der Waals surface area contributed by atoms with Crippen LogP contribution in [0.15, 0.2) is 29.5 Å². The van der Waals surface area contributed by atoms with Gasteiger partial charge in [-0.3, -0.25) is 0 Å². The number of carboxylic acid groups (broad SMARTS) is 1. The van der Waals surface area contributed by atoms with Gasteiger partial charge in [0.1, 0.15) is 6.04 Å². The van der Waals surface area contributed by atoms with Gasteiger partial charge in [0.15, 0.2) is 0 Å². The van der Waals surface area contributed by atoms with Crippen LogP contribution < -0.4 is 10.6 Å². The maximum Gasteiger partial charge on any atom is 0.326 e. The fraction of sp³-hybridized carbons (Fsp3) is 0.333. The van der Waals surface area contributed by atoms with Gasteiger partial charge in [-0.2, -0.15) is 11.3 Å². The van der Waals surface area contributed by atoms with Crippen LogP contribution in [0.5, 0.6) is 0 Å². The predicted octanol–water partition coefficient (Wildman–Crippen LogP) is 1.62. The summed E-state index contributed by atoms with van der Waals surface area (Å²) in [5, 5.41) is 17.8. The number of nitrogens with one attached hydrogen (secondary N) is 2. The molecule has 1 atom stereocenters. The number of rotatable bonds is 7. The summed E-state index contributed by atoms with van der Waals surface area (Å²) in [5.41, 5.74) is 1.15. The highest BCUT2D eigenvalue weighted by Crippen LogP contribution is 2.05. The number of urea groups is 1. The number of hydrogen-bond acceptors (Lipinski definition) is 3. The largest absolute Gasteiger partial charge is 0.480 e. The molecule has 3 N–H and O–H groups in total. The zero-order valence-electron chi connectivity index (χ0n) is 9.89. The second kappa shape index (κ2) is 7.50. The maximum atomic E-state index is 11.4. The average Bonchev–Trinajstić information content (AvgIpc) is 2.81. The molecule has 0 aliphatic rings. The van der Waals surface area contributed by atoms with E-state index in [-0.39, 0.29) is 6.42 Å². The highest BCUT2D eigenvalue weighted by molar-refractivity contribution is 7.07. The molecule has 0 aliphatic heterocycles. The molecule has 1 aromatic heterocycles. The van der Waals surface area contributed by atoms with E-state index in [0.29, 0.717) is 6.54 Å². The SMILES string of the molecule is C=CCC(NC(=O)NCCc1ccsc1)C(=O)O. The molecule has 5 nitrogen and oxygen atoms in total. The van der Waals surface area contributed by atoms with Gasteiger partial charge >= 0.3 is 12.0 Å². The lowest BCUT2D eigenvalue weighted by molar-refractivity contribution is -0.139. The fourth-order valence-corrected chi connectivity index (χ4v) is 2.06. The number of aliphatic carboxylic acids is 1. The van der Waals surface area contributed by atoms with Crippen molar-refractivity contribution >= 4 is 23.3 Å². The lowest BCUT2D eigenvalue weighted by Crippen LogP contribution is -2.46. The smallest absolute Gasteiger partial charge is 0.326 e. The van der Waals surface area contributed by atoms with E-state index in [4.69, 9.17) is 5.11 Å². The molecule has 0 bridgehead atoms. The first kappa shape index (κ1) is 14.2. The summed E-state index contributed by atoms with van der Waals surface area (Å²) >= 11 is 1.60. The summed E-state index contributed by atoms with van der Waals surface area (Å²) in [4.78, 5) is 22.2. The Morgan fingerprint density at radius 2 is 2.33 bits per heavy atom. The Balaban J connectivity index is 2.27.